The van der Waals surface area contributed by atoms with Gasteiger partial charge in [0.05, 0.1) is 0 Å². The SMILES string of the molecule is Cc1cccc(C(C)c2cnc(SSc3ncc(C(C)c4cccc(C)c4C)[nH]3)[nH]2)c1C. The van der Waals surface area contributed by atoms with Gasteiger partial charge >= 0.3 is 0 Å². The largest absolute Gasteiger partial charge is 0.336 e. The van der Waals surface area contributed by atoms with Crippen molar-refractivity contribution in [1.29, 1.82) is 0 Å². The number of nitrogens with one attached hydrogen (secondary N) is 2. The van der Waals surface area contributed by atoms with Crippen LogP contribution in [0.3, 0.4) is 0 Å². The molecule has 2 N–H and O–H groups in total. The first-order chi connectivity index (χ1) is 15.3. The molecule has 0 fully saturated rings. The quantitative estimate of drug-likeness (QED) is 0.280. The lowest BCUT2D eigenvalue weighted by Crippen LogP contribution is -2.00. The maximum atomic E-state index is 4.59. The Hall–Kier alpha value is -2.44. The van der Waals surface area contributed by atoms with Crippen LogP contribution in [0.4, 0.5) is 0 Å². The molecule has 166 valence electrons. The van der Waals surface area contributed by atoms with Crippen LogP contribution >= 0.6 is 21.6 Å². The normalized spacial score (nSPS) is 13.3. The third-order valence-corrected chi connectivity index (χ3v) is 8.51. The van der Waals surface area contributed by atoms with Crippen LogP contribution in [0.1, 0.15) is 70.5 Å². The molecule has 0 spiro atoms. The summed E-state index contributed by atoms with van der Waals surface area (Å²) in [5.74, 6) is 0.547. The zero-order valence-electron chi connectivity index (χ0n) is 19.5. The van der Waals surface area contributed by atoms with Gasteiger partial charge in [-0.25, -0.2) is 9.97 Å². The molecule has 2 atom stereocenters. The summed E-state index contributed by atoms with van der Waals surface area (Å²) in [6.45, 7) is 13.2. The number of benzene rings is 2. The van der Waals surface area contributed by atoms with E-state index in [0.717, 1.165) is 21.7 Å². The highest BCUT2D eigenvalue weighted by Crippen LogP contribution is 2.37. The van der Waals surface area contributed by atoms with Crippen molar-refractivity contribution in [1.82, 2.24) is 19.9 Å². The van der Waals surface area contributed by atoms with Gasteiger partial charge in [-0.2, -0.15) is 0 Å². The highest BCUT2D eigenvalue weighted by atomic mass is 33.1. The van der Waals surface area contributed by atoms with Crippen molar-refractivity contribution in [2.24, 2.45) is 0 Å². The Balaban J connectivity index is 1.42. The Labute approximate surface area is 198 Å². The number of hydrogen-bond donors (Lipinski definition) is 2. The lowest BCUT2D eigenvalue weighted by molar-refractivity contribution is 0.856. The van der Waals surface area contributed by atoms with Gasteiger partial charge in [-0.15, -0.1) is 0 Å². The van der Waals surface area contributed by atoms with Gasteiger partial charge in [0.2, 0.25) is 0 Å². The van der Waals surface area contributed by atoms with Crippen molar-refractivity contribution in [2.75, 3.05) is 0 Å². The molecule has 6 heteroatoms. The molecule has 0 amide bonds. The second kappa shape index (κ2) is 9.59. The Bertz CT molecular complexity index is 1130. The molecular weight excluding hydrogens is 432 g/mol. The lowest BCUT2D eigenvalue weighted by Gasteiger charge is -2.14. The molecule has 2 unspecified atom stereocenters. The van der Waals surface area contributed by atoms with Gasteiger partial charge in [0.15, 0.2) is 10.3 Å². The highest BCUT2D eigenvalue weighted by molar-refractivity contribution is 8.76. The average molecular weight is 463 g/mol. The predicted octanol–water partition coefficient (Wildman–Crippen LogP) is 7.47. The summed E-state index contributed by atoms with van der Waals surface area (Å²) >= 11 is 0. The Morgan fingerprint density at radius 1 is 0.656 bits per heavy atom. The van der Waals surface area contributed by atoms with E-state index < -0.39 is 0 Å². The molecule has 4 rings (SSSR count). The number of rotatable bonds is 7. The molecule has 0 aliphatic heterocycles. The fourth-order valence-electron chi connectivity index (χ4n) is 4.06. The zero-order chi connectivity index (χ0) is 22.8. The van der Waals surface area contributed by atoms with Crippen molar-refractivity contribution in [2.45, 2.75) is 63.7 Å². The van der Waals surface area contributed by atoms with Crippen molar-refractivity contribution < 1.29 is 0 Å². The van der Waals surface area contributed by atoms with E-state index in [2.05, 4.69) is 97.9 Å². The fourth-order valence-corrected chi connectivity index (χ4v) is 5.71. The Morgan fingerprint density at radius 3 is 1.47 bits per heavy atom. The van der Waals surface area contributed by atoms with E-state index in [1.54, 1.807) is 21.6 Å². The number of aryl methyl sites for hydroxylation is 2. The van der Waals surface area contributed by atoms with E-state index in [9.17, 15) is 0 Å². The van der Waals surface area contributed by atoms with Crippen LogP contribution in [0.5, 0.6) is 0 Å². The van der Waals surface area contributed by atoms with E-state index in [-0.39, 0.29) is 11.8 Å². The number of aromatic amines is 2. The molecule has 4 nitrogen and oxygen atoms in total. The summed E-state index contributed by atoms with van der Waals surface area (Å²) < 4.78 is 0. The van der Waals surface area contributed by atoms with Gasteiger partial charge in [-0.1, -0.05) is 50.2 Å². The maximum Gasteiger partial charge on any atom is 0.176 e. The van der Waals surface area contributed by atoms with Crippen LogP contribution in [0.2, 0.25) is 0 Å². The van der Waals surface area contributed by atoms with E-state index in [1.807, 2.05) is 12.4 Å². The van der Waals surface area contributed by atoms with Gasteiger partial charge in [-0.3, -0.25) is 0 Å². The lowest BCUT2D eigenvalue weighted by atomic mass is 9.92. The third-order valence-electron chi connectivity index (χ3n) is 6.50. The van der Waals surface area contributed by atoms with Crippen LogP contribution in [-0.2, 0) is 0 Å². The summed E-state index contributed by atoms with van der Waals surface area (Å²) in [5, 5.41) is 1.78. The summed E-state index contributed by atoms with van der Waals surface area (Å²) in [6.07, 6.45) is 3.90. The molecular formula is C26H30N4S2. The molecule has 2 aromatic heterocycles. The van der Waals surface area contributed by atoms with Crippen molar-refractivity contribution in [3.05, 3.63) is 93.6 Å². The van der Waals surface area contributed by atoms with E-state index in [1.165, 1.54) is 33.4 Å². The zero-order valence-corrected chi connectivity index (χ0v) is 21.1. The Morgan fingerprint density at radius 2 is 1.06 bits per heavy atom. The number of H-pyrrole nitrogens is 2. The highest BCUT2D eigenvalue weighted by Gasteiger charge is 2.17. The van der Waals surface area contributed by atoms with Crippen LogP contribution in [0.25, 0.3) is 0 Å². The number of hydrogen-bond acceptors (Lipinski definition) is 4. The predicted molar refractivity (Wildman–Crippen MR) is 136 cm³/mol. The number of imidazole rings is 2. The first-order valence-electron chi connectivity index (χ1n) is 10.9. The minimum atomic E-state index is 0.274. The molecule has 0 aliphatic rings. The van der Waals surface area contributed by atoms with Gasteiger partial charge in [-0.05, 0) is 82.7 Å². The van der Waals surface area contributed by atoms with Crippen molar-refractivity contribution >= 4 is 21.6 Å². The minimum absolute atomic E-state index is 0.274. The molecule has 0 bridgehead atoms. The second-order valence-corrected chi connectivity index (χ2v) is 10.6. The summed E-state index contributed by atoms with van der Waals surface area (Å²) in [6, 6.07) is 13.0. The summed E-state index contributed by atoms with van der Waals surface area (Å²) in [7, 11) is 3.19. The topological polar surface area (TPSA) is 57.4 Å². The summed E-state index contributed by atoms with van der Waals surface area (Å²) in [5.41, 5.74) is 10.3. The van der Waals surface area contributed by atoms with Gasteiger partial charge in [0, 0.05) is 35.6 Å². The first-order valence-corrected chi connectivity index (χ1v) is 13.1. The van der Waals surface area contributed by atoms with Crippen LogP contribution in [0.15, 0.2) is 59.1 Å². The van der Waals surface area contributed by atoms with Crippen molar-refractivity contribution in [3.63, 3.8) is 0 Å². The number of aromatic nitrogens is 4. The summed E-state index contributed by atoms with van der Waals surface area (Å²) in [4.78, 5) is 16.1. The monoisotopic (exact) mass is 462 g/mol. The van der Waals surface area contributed by atoms with E-state index >= 15 is 0 Å². The molecule has 0 saturated carbocycles. The van der Waals surface area contributed by atoms with E-state index in [4.69, 9.17) is 0 Å². The fraction of sp³-hybridized carbons (Fsp3) is 0.308. The van der Waals surface area contributed by atoms with Crippen LogP contribution in [-0.4, -0.2) is 19.9 Å². The number of nitrogens with zero attached hydrogens (tertiary/aromatic N) is 2. The maximum absolute atomic E-state index is 4.59. The molecule has 32 heavy (non-hydrogen) atoms. The first kappa shape index (κ1) is 22.7. The molecule has 2 aromatic carbocycles. The smallest absolute Gasteiger partial charge is 0.176 e. The molecule has 4 aromatic rings. The van der Waals surface area contributed by atoms with Crippen LogP contribution in [0, 0.1) is 27.7 Å². The minimum Gasteiger partial charge on any atom is -0.336 e. The van der Waals surface area contributed by atoms with Gasteiger partial charge in [0.1, 0.15) is 0 Å². The Kier molecular flexibility index (Phi) is 6.82. The van der Waals surface area contributed by atoms with Crippen molar-refractivity contribution in [3.8, 4) is 0 Å². The molecule has 0 saturated heterocycles. The average Bonchev–Trinajstić information content (AvgIpc) is 3.45. The molecule has 0 radical (unpaired) electrons. The standard InChI is InChI=1S/C26H30N4S2/c1-15-9-7-11-21(17(15)3)19(5)23-13-27-25(29-23)31-32-26-28-14-24(30-26)20(6)22-12-8-10-16(2)18(22)4/h7-14,19-20H,1-6H3,(H,27,29)(H,28,30). The molecule has 2 heterocycles. The van der Waals surface area contributed by atoms with Gasteiger partial charge in [0.25, 0.3) is 0 Å². The third kappa shape index (κ3) is 4.66. The van der Waals surface area contributed by atoms with Crippen LogP contribution < -0.4 is 0 Å². The van der Waals surface area contributed by atoms with E-state index in [0.29, 0.717) is 0 Å². The second-order valence-electron chi connectivity index (χ2n) is 8.48. The molecule has 0 aliphatic carbocycles. The van der Waals surface area contributed by atoms with Gasteiger partial charge < -0.3 is 9.97 Å².